The fraction of sp³-hybridized carbons (Fsp3) is 0.385. The van der Waals surface area contributed by atoms with Gasteiger partial charge in [-0.05, 0) is 0 Å². The van der Waals surface area contributed by atoms with E-state index in [4.69, 9.17) is 4.74 Å². The van der Waals surface area contributed by atoms with Crippen LogP contribution in [0.15, 0.2) is 11.8 Å². The molecular weight excluding hydrogens is 385 g/mol. The van der Waals surface area contributed by atoms with E-state index in [-0.39, 0.29) is 5.57 Å². The Morgan fingerprint density at radius 3 is 2.38 bits per heavy atom. The number of hydrogen-bond acceptors (Lipinski definition) is 8. The summed E-state index contributed by atoms with van der Waals surface area (Å²) in [5.74, 6) is -3.85. The predicted octanol–water partition coefficient (Wildman–Crippen LogP) is -1.23. The van der Waals surface area contributed by atoms with Crippen molar-refractivity contribution in [2.45, 2.75) is 5.92 Å². The van der Waals surface area contributed by atoms with E-state index in [1.54, 1.807) is 0 Å². The van der Waals surface area contributed by atoms with Crippen LogP contribution in [0.2, 0.25) is 0 Å². The Morgan fingerprint density at radius 1 is 1.17 bits per heavy atom. The molecule has 0 spiro atoms. The summed E-state index contributed by atoms with van der Waals surface area (Å²) in [5, 5.41) is 2.83. The Morgan fingerprint density at radius 2 is 1.79 bits per heavy atom. The van der Waals surface area contributed by atoms with Gasteiger partial charge in [-0.15, -0.1) is 0 Å². The molecule has 3 heterocycles. The first kappa shape index (κ1) is 16.3. The number of amides is 4. The molecule has 1 atom stereocenters. The monoisotopic (exact) mass is 399 g/mol. The number of methoxy groups -OCH3 is 1. The van der Waals surface area contributed by atoms with Crippen molar-refractivity contribution in [1.82, 2.24) is 17.8 Å². The van der Waals surface area contributed by atoms with Gasteiger partial charge in [-0.3, -0.25) is 0 Å². The number of nitrogens with zero attached hydrogens (tertiary/aromatic N) is 4. The van der Waals surface area contributed by atoms with Crippen LogP contribution >= 0.6 is 0 Å². The number of carbonyl (C=O) groups is 4. The first-order chi connectivity index (χ1) is 11.4. The molecule has 1 aromatic rings. The summed E-state index contributed by atoms with van der Waals surface area (Å²) in [6.07, 6.45) is 1.37. The summed E-state index contributed by atoms with van der Waals surface area (Å²) in [6.45, 7) is 0. The van der Waals surface area contributed by atoms with Crippen molar-refractivity contribution in [3.63, 3.8) is 0 Å². The van der Waals surface area contributed by atoms with Crippen LogP contribution in [0.1, 0.15) is 11.6 Å². The Hall–Kier alpha value is -2.52. The third kappa shape index (κ3) is 2.24. The Balaban J connectivity index is 2.12. The normalized spacial score (nSPS) is 21.4. The number of esters is 1. The molecule has 0 radical (unpaired) electrons. The van der Waals surface area contributed by atoms with E-state index < -0.39 is 50.6 Å². The minimum absolute atomic E-state index is 0.0933. The van der Waals surface area contributed by atoms with Crippen LogP contribution in [0.25, 0.3) is 0 Å². The van der Waals surface area contributed by atoms with Gasteiger partial charge in [0.05, 0.1) is 0 Å². The molecule has 11 heteroatoms. The molecule has 10 nitrogen and oxygen atoms in total. The van der Waals surface area contributed by atoms with E-state index in [9.17, 15) is 19.2 Å². The van der Waals surface area contributed by atoms with E-state index in [2.05, 4.69) is 13.3 Å². The van der Waals surface area contributed by atoms with Gasteiger partial charge in [-0.2, -0.15) is 0 Å². The quantitative estimate of drug-likeness (QED) is 0.373. The first-order valence-electron chi connectivity index (χ1n) is 6.85. The van der Waals surface area contributed by atoms with Crippen LogP contribution in [-0.4, -0.2) is 77.7 Å². The van der Waals surface area contributed by atoms with Crippen molar-refractivity contribution in [2.24, 2.45) is 5.92 Å². The number of nitrogens with one attached hydrogen (secondary N) is 1. The summed E-state index contributed by atoms with van der Waals surface area (Å²) >= 11 is -0.427. The second-order valence-corrected chi connectivity index (χ2v) is 6.37. The Kier molecular flexibility index (Phi) is 3.98. The van der Waals surface area contributed by atoms with E-state index in [1.165, 1.54) is 27.4 Å². The van der Waals surface area contributed by atoms with Crippen LogP contribution in [-0.2, 0) is 19.1 Å². The van der Waals surface area contributed by atoms with Crippen LogP contribution in [0.4, 0.5) is 10.6 Å². The molecule has 126 valence electrons. The van der Waals surface area contributed by atoms with Crippen LogP contribution in [0, 0.1) is 5.92 Å². The second-order valence-electron chi connectivity index (χ2n) is 5.27. The molecular formula is C13H13N5O5Se. The van der Waals surface area contributed by atoms with Crippen molar-refractivity contribution >= 4 is 44.6 Å². The summed E-state index contributed by atoms with van der Waals surface area (Å²) < 4.78 is 13.2. The number of rotatable bonds is 2. The van der Waals surface area contributed by atoms with E-state index in [0.717, 1.165) is 9.80 Å². The van der Waals surface area contributed by atoms with Gasteiger partial charge < -0.3 is 0 Å². The first-order valence-corrected chi connectivity index (χ1v) is 8.38. The number of aromatic nitrogens is 2. The number of fused-ring (bicyclic) bond motifs is 1. The molecule has 2 aliphatic rings. The zero-order chi connectivity index (χ0) is 17.6. The van der Waals surface area contributed by atoms with Gasteiger partial charge in [0, 0.05) is 0 Å². The van der Waals surface area contributed by atoms with Crippen molar-refractivity contribution in [3.8, 4) is 0 Å². The second kappa shape index (κ2) is 5.84. The number of ether oxygens (including phenoxy) is 1. The third-order valence-corrected chi connectivity index (χ3v) is 5.17. The molecule has 1 aromatic heterocycles. The summed E-state index contributed by atoms with van der Waals surface area (Å²) in [7, 11) is 3.79. The fourth-order valence-electron chi connectivity index (χ4n) is 2.75. The molecule has 24 heavy (non-hydrogen) atoms. The third-order valence-electron chi connectivity index (χ3n) is 4.03. The number of urea groups is 1. The van der Waals surface area contributed by atoms with Gasteiger partial charge in [0.25, 0.3) is 0 Å². The molecule has 0 bridgehead atoms. The molecule has 0 saturated carbocycles. The maximum absolute atomic E-state index is 12.6. The molecule has 1 saturated heterocycles. The number of anilines is 1. The minimum atomic E-state index is -1.28. The van der Waals surface area contributed by atoms with Crippen LogP contribution in [0.5, 0.6) is 0 Å². The molecule has 2 aliphatic heterocycles. The topological polar surface area (TPSA) is 122 Å². The number of carbonyl (C=O) groups excluding carboxylic acids is 4. The Labute approximate surface area is 142 Å². The number of imide groups is 2. The van der Waals surface area contributed by atoms with Crippen molar-refractivity contribution in [3.05, 3.63) is 17.5 Å². The summed E-state index contributed by atoms with van der Waals surface area (Å²) in [4.78, 5) is 51.0. The summed E-state index contributed by atoms with van der Waals surface area (Å²) in [6, 6.07) is -0.717. The molecule has 1 N–H and O–H groups in total. The molecule has 0 aliphatic carbocycles. The number of barbiturate groups is 1. The van der Waals surface area contributed by atoms with Crippen molar-refractivity contribution in [1.29, 1.82) is 0 Å². The molecule has 4 amide bonds. The zero-order valence-electron chi connectivity index (χ0n) is 13.0. The molecule has 1 unspecified atom stereocenters. The molecule has 1 fully saturated rings. The van der Waals surface area contributed by atoms with Gasteiger partial charge in [-0.25, -0.2) is 0 Å². The zero-order valence-corrected chi connectivity index (χ0v) is 14.7. The maximum atomic E-state index is 12.6. The van der Waals surface area contributed by atoms with E-state index in [1.807, 2.05) is 0 Å². The number of hydrogen-bond donors (Lipinski definition) is 1. The Bertz CT molecular complexity index is 763. The van der Waals surface area contributed by atoms with Gasteiger partial charge in [0.2, 0.25) is 0 Å². The van der Waals surface area contributed by atoms with Gasteiger partial charge in [-0.1, -0.05) is 0 Å². The van der Waals surface area contributed by atoms with Crippen molar-refractivity contribution < 1.29 is 23.9 Å². The van der Waals surface area contributed by atoms with E-state index >= 15 is 0 Å². The van der Waals surface area contributed by atoms with Gasteiger partial charge in [0.1, 0.15) is 0 Å². The molecule has 0 aromatic carbocycles. The van der Waals surface area contributed by atoms with Gasteiger partial charge >= 0.3 is 142 Å². The van der Waals surface area contributed by atoms with Gasteiger partial charge in [0.15, 0.2) is 0 Å². The predicted molar refractivity (Wildman–Crippen MR) is 79.9 cm³/mol. The SMILES string of the molecule is COC(=O)C1=CNc2n[se]nc2C1C1C(=O)N(C)C(=O)N(C)C1=O. The van der Waals surface area contributed by atoms with Crippen molar-refractivity contribution in [2.75, 3.05) is 26.5 Å². The standard InChI is InChI=1S/C13H13N5O5Se/c1-17-10(19)7(11(20)18(2)13(17)22)6-5(12(21)23-3)4-14-9-8(6)15-24-16-9/h4,6-7H,1-3H3,(H,14,16). The average molecular weight is 398 g/mol. The van der Waals surface area contributed by atoms with Crippen LogP contribution < -0.4 is 5.32 Å². The van der Waals surface area contributed by atoms with E-state index in [0.29, 0.717) is 11.5 Å². The molecule has 3 rings (SSSR count). The average Bonchev–Trinajstić information content (AvgIpc) is 3.06. The summed E-state index contributed by atoms with van der Waals surface area (Å²) in [5.41, 5.74) is 0.455. The van der Waals surface area contributed by atoms with Crippen LogP contribution in [0.3, 0.4) is 0 Å². The fourth-order valence-corrected chi connectivity index (χ4v) is 3.91.